The molecule has 208 valence electrons. The van der Waals surface area contributed by atoms with Crippen LogP contribution in [0.15, 0.2) is 42.5 Å². The topological polar surface area (TPSA) is 117 Å². The van der Waals surface area contributed by atoms with E-state index in [9.17, 15) is 19.5 Å². The van der Waals surface area contributed by atoms with E-state index >= 15 is 0 Å². The Hall–Kier alpha value is -3.59. The number of aliphatic hydroxyl groups is 1. The maximum absolute atomic E-state index is 13.8. The molecule has 0 saturated heterocycles. The second kappa shape index (κ2) is 13.8. The highest BCUT2D eigenvalue weighted by Gasteiger charge is 2.36. The van der Waals surface area contributed by atoms with E-state index in [4.69, 9.17) is 9.47 Å². The summed E-state index contributed by atoms with van der Waals surface area (Å²) < 4.78 is 10.5. The molecule has 0 radical (unpaired) electrons. The van der Waals surface area contributed by atoms with E-state index in [1.807, 2.05) is 39.0 Å². The van der Waals surface area contributed by atoms with Crippen LogP contribution in [0.5, 0.6) is 5.75 Å². The zero-order valence-electron chi connectivity index (χ0n) is 23.5. The van der Waals surface area contributed by atoms with Crippen molar-refractivity contribution in [3.8, 4) is 5.75 Å². The van der Waals surface area contributed by atoms with Crippen molar-refractivity contribution < 1.29 is 29.0 Å². The Kier molecular flexibility index (Phi) is 11.1. The van der Waals surface area contributed by atoms with Gasteiger partial charge in [-0.1, -0.05) is 42.7 Å². The maximum Gasteiger partial charge on any atom is 0.408 e. The molecule has 0 aliphatic rings. The summed E-state index contributed by atoms with van der Waals surface area (Å²) in [6.07, 6.45) is 0.561. The number of benzene rings is 2. The van der Waals surface area contributed by atoms with Gasteiger partial charge < -0.3 is 30.1 Å². The van der Waals surface area contributed by atoms with Crippen molar-refractivity contribution in [1.29, 1.82) is 0 Å². The lowest BCUT2D eigenvalue weighted by atomic mass is 9.98. The quantitative estimate of drug-likeness (QED) is 0.396. The smallest absolute Gasteiger partial charge is 0.408 e. The lowest BCUT2D eigenvalue weighted by Crippen LogP contribution is -2.54. The number of ether oxygens (including phenoxy) is 2. The Bertz CT molecular complexity index is 1070. The second-order valence-electron chi connectivity index (χ2n) is 10.3. The number of methoxy groups -OCH3 is 1. The van der Waals surface area contributed by atoms with Crippen molar-refractivity contribution in [2.24, 2.45) is 0 Å². The number of carbonyl (C=O) groups is 3. The van der Waals surface area contributed by atoms with Crippen molar-refractivity contribution in [1.82, 2.24) is 10.2 Å². The fourth-order valence-corrected chi connectivity index (χ4v) is 4.06. The summed E-state index contributed by atoms with van der Waals surface area (Å²) in [6, 6.07) is 10.3. The number of carbonyl (C=O) groups excluding carboxylic acids is 3. The van der Waals surface area contributed by atoms with Crippen molar-refractivity contribution in [2.45, 2.75) is 72.1 Å². The van der Waals surface area contributed by atoms with Gasteiger partial charge in [-0.2, -0.15) is 0 Å². The Balaban J connectivity index is 2.49. The molecule has 9 heteroatoms. The number of aryl methyl sites for hydroxylation is 2. The highest BCUT2D eigenvalue weighted by Crippen LogP contribution is 2.27. The van der Waals surface area contributed by atoms with Gasteiger partial charge in [0, 0.05) is 12.2 Å². The maximum atomic E-state index is 13.8. The molecule has 0 aromatic heterocycles. The van der Waals surface area contributed by atoms with Crippen LogP contribution in [0.3, 0.4) is 0 Å². The molecule has 9 nitrogen and oxygen atoms in total. The van der Waals surface area contributed by atoms with Gasteiger partial charge >= 0.3 is 6.09 Å². The molecule has 0 aliphatic heterocycles. The average molecular weight is 528 g/mol. The summed E-state index contributed by atoms with van der Waals surface area (Å²) in [7, 11) is 1.56. The average Bonchev–Trinajstić information content (AvgIpc) is 2.83. The monoisotopic (exact) mass is 527 g/mol. The molecular weight excluding hydrogens is 486 g/mol. The van der Waals surface area contributed by atoms with Gasteiger partial charge in [0.1, 0.15) is 23.4 Å². The minimum atomic E-state index is -1.29. The molecule has 3 N–H and O–H groups in total. The molecular formula is C29H41N3O6. The van der Waals surface area contributed by atoms with Gasteiger partial charge in [-0.25, -0.2) is 4.79 Å². The zero-order valence-corrected chi connectivity index (χ0v) is 23.5. The van der Waals surface area contributed by atoms with Crippen LogP contribution in [-0.2, 0) is 14.3 Å². The van der Waals surface area contributed by atoms with Gasteiger partial charge in [-0.05, 0) is 70.9 Å². The van der Waals surface area contributed by atoms with Crippen molar-refractivity contribution in [3.63, 3.8) is 0 Å². The molecule has 2 atom stereocenters. The molecule has 0 heterocycles. The molecule has 0 saturated carbocycles. The molecule has 3 amide bonds. The van der Waals surface area contributed by atoms with E-state index in [1.54, 1.807) is 52.1 Å². The van der Waals surface area contributed by atoms with Crippen LogP contribution >= 0.6 is 0 Å². The van der Waals surface area contributed by atoms with Crippen LogP contribution in [-0.4, -0.2) is 59.8 Å². The summed E-state index contributed by atoms with van der Waals surface area (Å²) in [5.41, 5.74) is 2.27. The number of hydrogen-bond acceptors (Lipinski definition) is 6. The van der Waals surface area contributed by atoms with Crippen molar-refractivity contribution in [3.05, 3.63) is 59.2 Å². The number of amides is 3. The Morgan fingerprint density at radius 1 is 1.03 bits per heavy atom. The summed E-state index contributed by atoms with van der Waals surface area (Å²) in [6.45, 7) is 10.5. The number of unbranched alkanes of at least 4 members (excludes halogenated alkanes) is 1. The van der Waals surface area contributed by atoms with E-state index in [1.165, 1.54) is 4.90 Å². The third-order valence-corrected chi connectivity index (χ3v) is 5.68. The van der Waals surface area contributed by atoms with Crippen LogP contribution in [0.4, 0.5) is 10.5 Å². The first-order valence-corrected chi connectivity index (χ1v) is 12.8. The summed E-state index contributed by atoms with van der Waals surface area (Å²) in [5, 5.41) is 15.4. The second-order valence-corrected chi connectivity index (χ2v) is 10.3. The largest absolute Gasteiger partial charge is 0.497 e. The predicted octanol–water partition coefficient (Wildman–Crippen LogP) is 4.51. The van der Waals surface area contributed by atoms with E-state index in [0.29, 0.717) is 23.4 Å². The number of alkyl carbamates (subject to hydrolysis) is 1. The molecule has 2 aromatic rings. The van der Waals surface area contributed by atoms with Gasteiger partial charge in [0.2, 0.25) is 5.91 Å². The lowest BCUT2D eigenvalue weighted by molar-refractivity contribution is -0.141. The van der Waals surface area contributed by atoms with Crippen LogP contribution in [0.1, 0.15) is 63.3 Å². The molecule has 2 aromatic carbocycles. The fraction of sp³-hybridized carbons (Fsp3) is 0.483. The number of nitrogens with zero attached hydrogens (tertiary/aromatic N) is 1. The predicted molar refractivity (Wildman–Crippen MR) is 147 cm³/mol. The Morgan fingerprint density at radius 3 is 2.13 bits per heavy atom. The highest BCUT2D eigenvalue weighted by molar-refractivity contribution is 5.99. The molecule has 0 fully saturated rings. The number of anilines is 1. The molecule has 0 bridgehead atoms. The van der Waals surface area contributed by atoms with Gasteiger partial charge in [0.05, 0.1) is 13.7 Å². The number of hydrogen-bond donors (Lipinski definition) is 3. The Labute approximate surface area is 225 Å². The van der Waals surface area contributed by atoms with E-state index in [2.05, 4.69) is 10.6 Å². The van der Waals surface area contributed by atoms with Crippen LogP contribution in [0.2, 0.25) is 0 Å². The zero-order chi connectivity index (χ0) is 28.5. The molecule has 0 spiro atoms. The van der Waals surface area contributed by atoms with E-state index < -0.39 is 42.2 Å². The fourth-order valence-electron chi connectivity index (χ4n) is 4.06. The highest BCUT2D eigenvalue weighted by atomic mass is 16.6. The number of aliphatic hydroxyl groups excluding tert-OH is 1. The molecule has 0 aliphatic carbocycles. The van der Waals surface area contributed by atoms with Crippen LogP contribution in [0.25, 0.3) is 0 Å². The molecule has 38 heavy (non-hydrogen) atoms. The minimum Gasteiger partial charge on any atom is -0.497 e. The summed E-state index contributed by atoms with van der Waals surface area (Å²) in [5.74, 6) is -0.355. The molecule has 2 unspecified atom stereocenters. The first-order chi connectivity index (χ1) is 17.9. The van der Waals surface area contributed by atoms with Crippen molar-refractivity contribution >= 4 is 23.6 Å². The van der Waals surface area contributed by atoms with Gasteiger partial charge in [0.25, 0.3) is 5.91 Å². The SMILES string of the molecule is CCCCN(C(=O)C(CO)NC(=O)OC(C)(C)C)C(C(=O)Nc1ccc(OC)cc1)c1cc(C)cc(C)c1. The third kappa shape index (κ3) is 9.06. The molecule has 2 rings (SSSR count). The number of rotatable bonds is 11. The summed E-state index contributed by atoms with van der Waals surface area (Å²) >= 11 is 0. The Morgan fingerprint density at radius 2 is 1.63 bits per heavy atom. The first-order valence-electron chi connectivity index (χ1n) is 12.8. The normalized spacial score (nSPS) is 12.7. The van der Waals surface area contributed by atoms with Gasteiger partial charge in [-0.15, -0.1) is 0 Å². The van der Waals surface area contributed by atoms with E-state index in [0.717, 1.165) is 17.5 Å². The van der Waals surface area contributed by atoms with Gasteiger partial charge in [-0.3, -0.25) is 9.59 Å². The van der Waals surface area contributed by atoms with E-state index in [-0.39, 0.29) is 6.54 Å². The summed E-state index contributed by atoms with van der Waals surface area (Å²) in [4.78, 5) is 41.5. The van der Waals surface area contributed by atoms with Crippen molar-refractivity contribution in [2.75, 3.05) is 25.6 Å². The van der Waals surface area contributed by atoms with Crippen LogP contribution < -0.4 is 15.4 Å². The first kappa shape index (κ1) is 30.6. The minimum absolute atomic E-state index is 0.246. The van der Waals surface area contributed by atoms with Crippen LogP contribution in [0, 0.1) is 13.8 Å². The third-order valence-electron chi connectivity index (χ3n) is 5.68. The van der Waals surface area contributed by atoms with Gasteiger partial charge in [0.15, 0.2) is 0 Å². The standard InChI is InChI=1S/C29H41N3O6/c1-8-9-14-32(27(35)24(18-33)31-28(36)38-29(4,5)6)25(21-16-19(2)15-20(3)17-21)26(34)30-22-10-12-23(37-7)13-11-22/h10-13,15-17,24-25,33H,8-9,14,18H2,1-7H3,(H,30,34)(H,31,36). The number of nitrogens with one attached hydrogen (secondary N) is 2. The lowest BCUT2D eigenvalue weighted by Gasteiger charge is -2.34.